The number of rotatable bonds is 8. The van der Waals surface area contributed by atoms with E-state index in [-0.39, 0.29) is 5.91 Å². The van der Waals surface area contributed by atoms with Crippen molar-refractivity contribution in [1.82, 2.24) is 5.43 Å². The number of nitrogens with one attached hydrogen (secondary N) is 1. The number of hydrogen-bond donors (Lipinski definition) is 1. The molecule has 1 rings (SSSR count). The fourth-order valence-corrected chi connectivity index (χ4v) is 2.48. The molecule has 0 saturated heterocycles. The Morgan fingerprint density at radius 3 is 2.35 bits per heavy atom. The standard InChI is InChI=1S/C15H21ClN2OS/c1-3-5-13(6-4-2)17-18-15(19)11-20-14-9-7-12(16)8-10-14/h7-10H,3-6,11H2,1-2H3,(H,18,19). The Hall–Kier alpha value is -1.00. The smallest absolute Gasteiger partial charge is 0.250 e. The van der Waals surface area contributed by atoms with Crippen LogP contribution in [0.3, 0.4) is 0 Å². The summed E-state index contributed by atoms with van der Waals surface area (Å²) < 4.78 is 0. The van der Waals surface area contributed by atoms with Crippen molar-refractivity contribution in [3.63, 3.8) is 0 Å². The van der Waals surface area contributed by atoms with E-state index in [2.05, 4.69) is 24.4 Å². The predicted octanol–water partition coefficient (Wildman–Crippen LogP) is 4.50. The second-order valence-electron chi connectivity index (χ2n) is 4.46. The van der Waals surface area contributed by atoms with Crippen molar-refractivity contribution in [2.75, 3.05) is 5.75 Å². The molecule has 0 saturated carbocycles. The molecule has 1 aromatic carbocycles. The molecule has 0 fully saturated rings. The highest BCUT2D eigenvalue weighted by molar-refractivity contribution is 8.00. The molecule has 0 aliphatic rings. The normalized spacial score (nSPS) is 10.2. The Morgan fingerprint density at radius 1 is 1.20 bits per heavy atom. The lowest BCUT2D eigenvalue weighted by Crippen LogP contribution is -2.21. The van der Waals surface area contributed by atoms with E-state index in [0.29, 0.717) is 10.8 Å². The Morgan fingerprint density at radius 2 is 1.80 bits per heavy atom. The summed E-state index contributed by atoms with van der Waals surface area (Å²) in [6.07, 6.45) is 3.99. The molecule has 0 spiro atoms. The Bertz CT molecular complexity index is 438. The molecule has 20 heavy (non-hydrogen) atoms. The fraction of sp³-hybridized carbons (Fsp3) is 0.467. The topological polar surface area (TPSA) is 41.5 Å². The number of benzene rings is 1. The van der Waals surface area contributed by atoms with Gasteiger partial charge >= 0.3 is 0 Å². The molecule has 3 nitrogen and oxygen atoms in total. The maximum absolute atomic E-state index is 11.7. The van der Waals surface area contributed by atoms with Crippen LogP contribution in [0.4, 0.5) is 0 Å². The summed E-state index contributed by atoms with van der Waals surface area (Å²) in [5.41, 5.74) is 3.71. The van der Waals surface area contributed by atoms with Crippen molar-refractivity contribution in [1.29, 1.82) is 0 Å². The van der Waals surface area contributed by atoms with Crippen LogP contribution in [0, 0.1) is 0 Å². The van der Waals surface area contributed by atoms with Crippen LogP contribution in [0.25, 0.3) is 0 Å². The molecule has 0 radical (unpaired) electrons. The molecule has 0 atom stereocenters. The third kappa shape index (κ3) is 6.96. The number of nitrogens with zero attached hydrogens (tertiary/aromatic N) is 1. The summed E-state index contributed by atoms with van der Waals surface area (Å²) in [4.78, 5) is 12.8. The van der Waals surface area contributed by atoms with E-state index >= 15 is 0 Å². The number of halogens is 1. The number of amides is 1. The molecule has 0 bridgehead atoms. The summed E-state index contributed by atoms with van der Waals surface area (Å²) in [7, 11) is 0. The fourth-order valence-electron chi connectivity index (χ4n) is 1.67. The molecule has 110 valence electrons. The molecular weight excluding hydrogens is 292 g/mol. The monoisotopic (exact) mass is 312 g/mol. The van der Waals surface area contributed by atoms with Gasteiger partial charge < -0.3 is 0 Å². The number of carbonyl (C=O) groups is 1. The van der Waals surface area contributed by atoms with Crippen molar-refractivity contribution in [2.24, 2.45) is 5.10 Å². The summed E-state index contributed by atoms with van der Waals surface area (Å²) in [6, 6.07) is 7.45. The molecule has 1 N–H and O–H groups in total. The van der Waals surface area contributed by atoms with E-state index in [9.17, 15) is 4.79 Å². The number of hydrazone groups is 1. The van der Waals surface area contributed by atoms with Crippen molar-refractivity contribution in [2.45, 2.75) is 44.4 Å². The lowest BCUT2D eigenvalue weighted by molar-refractivity contribution is -0.118. The van der Waals surface area contributed by atoms with Gasteiger partial charge in [-0.1, -0.05) is 38.3 Å². The van der Waals surface area contributed by atoms with Gasteiger partial charge in [0.05, 0.1) is 5.75 Å². The molecule has 0 aliphatic heterocycles. The Labute approximate surface area is 130 Å². The van der Waals surface area contributed by atoms with Gasteiger partial charge in [-0.25, -0.2) is 5.43 Å². The molecule has 0 aromatic heterocycles. The van der Waals surface area contributed by atoms with Gasteiger partial charge in [0.25, 0.3) is 0 Å². The van der Waals surface area contributed by atoms with Crippen molar-refractivity contribution >= 4 is 35.0 Å². The largest absolute Gasteiger partial charge is 0.272 e. The van der Waals surface area contributed by atoms with E-state index in [4.69, 9.17) is 11.6 Å². The highest BCUT2D eigenvalue weighted by atomic mass is 35.5. The Balaban J connectivity index is 2.38. The molecule has 0 unspecified atom stereocenters. The summed E-state index contributed by atoms with van der Waals surface area (Å²) in [5.74, 6) is 0.283. The summed E-state index contributed by atoms with van der Waals surface area (Å²) in [6.45, 7) is 4.23. The van der Waals surface area contributed by atoms with Crippen molar-refractivity contribution in [3.05, 3.63) is 29.3 Å². The number of thioether (sulfide) groups is 1. The first-order valence-electron chi connectivity index (χ1n) is 6.88. The zero-order valence-corrected chi connectivity index (χ0v) is 13.6. The average molecular weight is 313 g/mol. The van der Waals surface area contributed by atoms with Crippen molar-refractivity contribution in [3.8, 4) is 0 Å². The first-order valence-corrected chi connectivity index (χ1v) is 8.24. The molecular formula is C15H21ClN2OS. The third-order valence-corrected chi connectivity index (χ3v) is 3.86. The van der Waals surface area contributed by atoms with Crippen LogP contribution < -0.4 is 5.43 Å². The number of hydrogen-bond acceptors (Lipinski definition) is 3. The lowest BCUT2D eigenvalue weighted by atomic mass is 10.1. The van der Waals surface area contributed by atoms with Crippen LogP contribution in [-0.4, -0.2) is 17.4 Å². The van der Waals surface area contributed by atoms with Gasteiger partial charge in [0.2, 0.25) is 5.91 Å². The first kappa shape index (κ1) is 17.1. The Kier molecular flexibility index (Phi) is 8.38. The van der Waals surface area contributed by atoms with Crippen molar-refractivity contribution < 1.29 is 4.79 Å². The van der Waals surface area contributed by atoms with Crippen LogP contribution in [-0.2, 0) is 4.79 Å². The van der Waals surface area contributed by atoms with Gasteiger partial charge in [-0.2, -0.15) is 5.10 Å². The minimum atomic E-state index is -0.0744. The predicted molar refractivity (Wildman–Crippen MR) is 87.6 cm³/mol. The highest BCUT2D eigenvalue weighted by Gasteiger charge is 2.03. The number of carbonyl (C=O) groups excluding carboxylic acids is 1. The quantitative estimate of drug-likeness (QED) is 0.436. The summed E-state index contributed by atoms with van der Waals surface area (Å²) >= 11 is 7.29. The molecule has 0 aliphatic carbocycles. The van der Waals surface area contributed by atoms with Crippen LogP contribution in [0.2, 0.25) is 5.02 Å². The van der Waals surface area contributed by atoms with Crippen LogP contribution in [0.1, 0.15) is 39.5 Å². The van der Waals surface area contributed by atoms with Gasteiger partial charge in [0.1, 0.15) is 0 Å². The molecule has 1 aromatic rings. The lowest BCUT2D eigenvalue weighted by Gasteiger charge is -2.05. The van der Waals surface area contributed by atoms with Gasteiger partial charge in [-0.05, 0) is 37.1 Å². The maximum atomic E-state index is 11.7. The van der Waals surface area contributed by atoms with E-state index in [1.54, 1.807) is 0 Å². The highest BCUT2D eigenvalue weighted by Crippen LogP contribution is 2.19. The van der Waals surface area contributed by atoms with Gasteiger partial charge in [-0.3, -0.25) is 4.79 Å². The van der Waals surface area contributed by atoms with Crippen LogP contribution in [0.5, 0.6) is 0 Å². The van der Waals surface area contributed by atoms with E-state index in [0.717, 1.165) is 36.3 Å². The average Bonchev–Trinajstić information content (AvgIpc) is 2.44. The van der Waals surface area contributed by atoms with Gasteiger partial charge in [0.15, 0.2) is 0 Å². The van der Waals surface area contributed by atoms with Crippen LogP contribution in [0.15, 0.2) is 34.3 Å². The van der Waals surface area contributed by atoms with Gasteiger partial charge in [0, 0.05) is 15.6 Å². The minimum absolute atomic E-state index is 0.0744. The minimum Gasteiger partial charge on any atom is -0.272 e. The summed E-state index contributed by atoms with van der Waals surface area (Å²) in [5, 5.41) is 4.91. The maximum Gasteiger partial charge on any atom is 0.250 e. The first-order chi connectivity index (χ1) is 9.65. The second kappa shape index (κ2) is 9.83. The van der Waals surface area contributed by atoms with Gasteiger partial charge in [-0.15, -0.1) is 11.8 Å². The molecule has 0 heterocycles. The molecule has 5 heteroatoms. The second-order valence-corrected chi connectivity index (χ2v) is 5.94. The molecule has 1 amide bonds. The van der Waals surface area contributed by atoms with E-state index in [1.807, 2.05) is 24.3 Å². The zero-order valence-electron chi connectivity index (χ0n) is 12.0. The van der Waals surface area contributed by atoms with E-state index in [1.165, 1.54) is 11.8 Å². The SMILES string of the molecule is CCCC(CCC)=NNC(=O)CSc1ccc(Cl)cc1. The van der Waals surface area contributed by atoms with Crippen LogP contribution >= 0.6 is 23.4 Å². The third-order valence-electron chi connectivity index (χ3n) is 2.60. The zero-order chi connectivity index (χ0) is 14.8. The van der Waals surface area contributed by atoms with E-state index < -0.39 is 0 Å².